The Kier molecular flexibility index (Phi) is 3.83. The summed E-state index contributed by atoms with van der Waals surface area (Å²) in [6.45, 7) is 4.35. The van der Waals surface area contributed by atoms with Gasteiger partial charge in [-0.3, -0.25) is 0 Å². The van der Waals surface area contributed by atoms with E-state index in [0.717, 1.165) is 25.9 Å². The van der Waals surface area contributed by atoms with Crippen LogP contribution in [0.4, 0.5) is 4.79 Å². The fraction of sp³-hybridized carbons (Fsp3) is 0.583. The molecule has 0 aromatic carbocycles. The Morgan fingerprint density at radius 3 is 3.19 bits per heavy atom. The fourth-order valence-electron chi connectivity index (χ4n) is 1.85. The summed E-state index contributed by atoms with van der Waals surface area (Å²) >= 11 is 1.74. The maximum atomic E-state index is 11.5. The van der Waals surface area contributed by atoms with Crippen molar-refractivity contribution in [1.29, 1.82) is 0 Å². The maximum absolute atomic E-state index is 11.5. The van der Waals surface area contributed by atoms with Gasteiger partial charge in [-0.05, 0) is 24.3 Å². The molecule has 16 heavy (non-hydrogen) atoms. The van der Waals surface area contributed by atoms with Gasteiger partial charge in [-0.2, -0.15) is 0 Å². The van der Waals surface area contributed by atoms with Gasteiger partial charge in [-0.25, -0.2) is 4.79 Å². The Morgan fingerprint density at radius 2 is 2.50 bits per heavy atom. The van der Waals surface area contributed by atoms with Crippen molar-refractivity contribution in [2.24, 2.45) is 5.92 Å². The van der Waals surface area contributed by atoms with E-state index in [1.165, 1.54) is 4.88 Å². The Bertz CT molecular complexity index is 337. The number of nitrogens with zero attached hydrogens (tertiary/aromatic N) is 1. The van der Waals surface area contributed by atoms with Crippen LogP contribution in [0.25, 0.3) is 0 Å². The van der Waals surface area contributed by atoms with E-state index in [9.17, 15) is 4.79 Å². The zero-order chi connectivity index (χ0) is 11.4. The molecule has 4 heteroatoms. The maximum Gasteiger partial charge on any atom is 0.409 e. The van der Waals surface area contributed by atoms with E-state index in [1.54, 1.807) is 11.3 Å². The van der Waals surface area contributed by atoms with Crippen molar-refractivity contribution in [1.82, 2.24) is 4.90 Å². The van der Waals surface area contributed by atoms with Gasteiger partial charge in [-0.1, -0.05) is 13.0 Å². The van der Waals surface area contributed by atoms with E-state index in [2.05, 4.69) is 18.4 Å². The molecule has 0 bridgehead atoms. The summed E-state index contributed by atoms with van der Waals surface area (Å²) in [7, 11) is 0. The molecule has 1 unspecified atom stereocenters. The molecule has 0 N–H and O–H groups in total. The molecule has 0 aliphatic carbocycles. The summed E-state index contributed by atoms with van der Waals surface area (Å²) in [6.07, 6.45) is 1.85. The fourth-order valence-corrected chi connectivity index (χ4v) is 2.55. The zero-order valence-electron chi connectivity index (χ0n) is 9.52. The molecule has 3 nitrogen and oxygen atoms in total. The van der Waals surface area contributed by atoms with Gasteiger partial charge < -0.3 is 9.64 Å². The van der Waals surface area contributed by atoms with Crippen LogP contribution in [0.1, 0.15) is 18.2 Å². The van der Waals surface area contributed by atoms with Crippen molar-refractivity contribution in [3.8, 4) is 0 Å². The number of hydrogen-bond donors (Lipinski definition) is 0. The van der Waals surface area contributed by atoms with E-state index in [0.29, 0.717) is 12.5 Å². The summed E-state index contributed by atoms with van der Waals surface area (Å²) in [5, 5.41) is 2.07. The van der Waals surface area contributed by atoms with Crippen molar-refractivity contribution < 1.29 is 9.53 Å². The highest BCUT2D eigenvalue weighted by Gasteiger charge is 2.25. The number of thiophene rings is 1. The molecule has 1 fully saturated rings. The van der Waals surface area contributed by atoms with Gasteiger partial charge in [0.2, 0.25) is 0 Å². The van der Waals surface area contributed by atoms with Crippen molar-refractivity contribution in [2.75, 3.05) is 19.7 Å². The van der Waals surface area contributed by atoms with E-state index in [-0.39, 0.29) is 6.09 Å². The molecule has 0 radical (unpaired) electrons. The van der Waals surface area contributed by atoms with E-state index >= 15 is 0 Å². The highest BCUT2D eigenvalue weighted by Crippen LogP contribution is 2.16. The topological polar surface area (TPSA) is 29.5 Å². The van der Waals surface area contributed by atoms with Crippen LogP contribution in [0.15, 0.2) is 17.5 Å². The first-order valence-electron chi connectivity index (χ1n) is 5.73. The number of ether oxygens (including phenoxy) is 1. The molecule has 88 valence electrons. The van der Waals surface area contributed by atoms with Gasteiger partial charge in [0, 0.05) is 23.9 Å². The average molecular weight is 239 g/mol. The minimum Gasteiger partial charge on any atom is -0.449 e. The lowest BCUT2D eigenvalue weighted by Crippen LogP contribution is -2.43. The molecule has 1 aromatic rings. The van der Waals surface area contributed by atoms with Crippen molar-refractivity contribution >= 4 is 17.4 Å². The molecule has 1 atom stereocenters. The summed E-state index contributed by atoms with van der Waals surface area (Å²) < 4.78 is 5.15. The number of hydrogen-bond acceptors (Lipinski definition) is 3. The number of rotatable bonds is 4. The first-order valence-corrected chi connectivity index (χ1v) is 6.61. The second kappa shape index (κ2) is 5.34. The van der Waals surface area contributed by atoms with E-state index in [4.69, 9.17) is 4.74 Å². The lowest BCUT2D eigenvalue weighted by molar-refractivity contribution is 0.0427. The van der Waals surface area contributed by atoms with Crippen LogP contribution in [0.3, 0.4) is 0 Å². The highest BCUT2D eigenvalue weighted by atomic mass is 32.1. The number of carbonyl (C=O) groups excluding carboxylic acids is 1. The standard InChI is InChI=1S/C12H17NO2S/c1-2-10-8-13(12(14)15-9-10)6-5-11-4-3-7-16-11/h3-4,7,10H,2,5-6,8-9H2,1H3. The number of carbonyl (C=O) groups is 1. The summed E-state index contributed by atoms with van der Waals surface area (Å²) in [5.74, 6) is 0.501. The quantitative estimate of drug-likeness (QED) is 0.808. The Morgan fingerprint density at radius 1 is 1.62 bits per heavy atom. The molecule has 1 amide bonds. The van der Waals surface area contributed by atoms with Gasteiger partial charge in [0.05, 0.1) is 6.61 Å². The molecule has 0 spiro atoms. The zero-order valence-corrected chi connectivity index (χ0v) is 10.3. The van der Waals surface area contributed by atoms with Crippen molar-refractivity contribution in [3.05, 3.63) is 22.4 Å². The summed E-state index contributed by atoms with van der Waals surface area (Å²) in [5.41, 5.74) is 0. The first-order chi connectivity index (χ1) is 7.79. The third-order valence-corrected chi connectivity index (χ3v) is 3.90. The van der Waals surface area contributed by atoms with Crippen molar-refractivity contribution in [3.63, 3.8) is 0 Å². The van der Waals surface area contributed by atoms with Crippen LogP contribution in [-0.4, -0.2) is 30.7 Å². The van der Waals surface area contributed by atoms with Crippen LogP contribution in [0.2, 0.25) is 0 Å². The normalized spacial score (nSPS) is 20.9. The lowest BCUT2D eigenvalue weighted by Gasteiger charge is -2.31. The average Bonchev–Trinajstić information content (AvgIpc) is 2.81. The smallest absolute Gasteiger partial charge is 0.409 e. The highest BCUT2D eigenvalue weighted by molar-refractivity contribution is 7.09. The molecule has 1 saturated heterocycles. The molecule has 1 aromatic heterocycles. The van der Waals surface area contributed by atoms with Gasteiger partial charge >= 0.3 is 6.09 Å². The molecule has 2 rings (SSSR count). The summed E-state index contributed by atoms with van der Waals surface area (Å²) in [4.78, 5) is 14.7. The Labute approximate surface area is 100 Å². The molecule has 1 aliphatic heterocycles. The van der Waals surface area contributed by atoms with Crippen LogP contribution < -0.4 is 0 Å². The van der Waals surface area contributed by atoms with Crippen LogP contribution in [0.5, 0.6) is 0 Å². The Balaban J connectivity index is 1.85. The molecule has 0 saturated carbocycles. The van der Waals surface area contributed by atoms with E-state index < -0.39 is 0 Å². The predicted molar refractivity (Wildman–Crippen MR) is 64.7 cm³/mol. The third-order valence-electron chi connectivity index (χ3n) is 2.96. The Hall–Kier alpha value is -1.03. The van der Waals surface area contributed by atoms with Gasteiger partial charge in [0.25, 0.3) is 0 Å². The number of amides is 1. The van der Waals surface area contributed by atoms with Gasteiger partial charge in [-0.15, -0.1) is 11.3 Å². The lowest BCUT2D eigenvalue weighted by atomic mass is 10.1. The largest absolute Gasteiger partial charge is 0.449 e. The van der Waals surface area contributed by atoms with Crippen LogP contribution in [-0.2, 0) is 11.2 Å². The third kappa shape index (κ3) is 2.76. The van der Waals surface area contributed by atoms with Gasteiger partial charge in [0.1, 0.15) is 0 Å². The second-order valence-corrected chi connectivity index (χ2v) is 5.16. The van der Waals surface area contributed by atoms with Crippen molar-refractivity contribution in [2.45, 2.75) is 19.8 Å². The SMILES string of the molecule is CCC1COC(=O)N(CCc2cccs2)C1. The number of cyclic esters (lactones) is 1. The second-order valence-electron chi connectivity index (χ2n) is 4.13. The minimum atomic E-state index is -0.152. The van der Waals surface area contributed by atoms with Crippen LogP contribution in [0, 0.1) is 5.92 Å². The van der Waals surface area contributed by atoms with Gasteiger partial charge in [0.15, 0.2) is 0 Å². The first kappa shape index (κ1) is 11.5. The van der Waals surface area contributed by atoms with Crippen LogP contribution >= 0.6 is 11.3 Å². The van der Waals surface area contributed by atoms with E-state index in [1.807, 2.05) is 11.0 Å². The molecule has 2 heterocycles. The molecule has 1 aliphatic rings. The predicted octanol–water partition coefficient (Wildman–Crippen LogP) is 2.77. The molecular weight excluding hydrogens is 222 g/mol. The monoisotopic (exact) mass is 239 g/mol. The minimum absolute atomic E-state index is 0.152. The molecular formula is C12H17NO2S. The summed E-state index contributed by atoms with van der Waals surface area (Å²) in [6, 6.07) is 4.15.